The number of aromatic nitrogens is 4. The molecule has 0 spiro atoms. The topological polar surface area (TPSA) is 92.6 Å². The number of carbonyl (C=O) groups excluding carboxylic acids is 1. The maximum Gasteiger partial charge on any atom is 0.272 e. The van der Waals surface area contributed by atoms with Gasteiger partial charge in [0, 0.05) is 42.2 Å². The first-order chi connectivity index (χ1) is 13.6. The summed E-state index contributed by atoms with van der Waals surface area (Å²) < 4.78 is 6.59. The van der Waals surface area contributed by atoms with Gasteiger partial charge in [-0.2, -0.15) is 0 Å². The molecule has 3 aromatic rings. The average Bonchev–Trinajstić information content (AvgIpc) is 3.18. The third kappa shape index (κ3) is 3.26. The molecule has 0 unspecified atom stereocenters. The SMILES string of the molecule is CCc1cc(=O)n2[nH]c([C@@H]3CCCCN3C(=O)c3ccnc(OC)c3)cc2n1. The van der Waals surface area contributed by atoms with Crippen LogP contribution in [0.2, 0.25) is 0 Å². The van der Waals surface area contributed by atoms with Gasteiger partial charge < -0.3 is 9.64 Å². The standard InChI is InChI=1S/C20H23N5O3/c1-3-14-11-19(26)25-17(22-14)12-15(23-25)16-6-4-5-9-24(16)20(27)13-7-8-21-18(10-13)28-2/h7-8,10-12,16,23H,3-6,9H2,1-2H3/t16-/m0/s1. The number of likely N-dealkylation sites (tertiary alicyclic amines) is 1. The zero-order valence-corrected chi connectivity index (χ0v) is 16.0. The van der Waals surface area contributed by atoms with Crippen LogP contribution in [0.25, 0.3) is 5.65 Å². The molecule has 1 aliphatic rings. The van der Waals surface area contributed by atoms with Crippen molar-refractivity contribution in [1.29, 1.82) is 0 Å². The van der Waals surface area contributed by atoms with Crippen LogP contribution in [0, 0.1) is 0 Å². The van der Waals surface area contributed by atoms with Crippen LogP contribution in [0.3, 0.4) is 0 Å². The summed E-state index contributed by atoms with van der Waals surface area (Å²) in [4.78, 5) is 36.0. The minimum Gasteiger partial charge on any atom is -0.481 e. The number of hydrogen-bond donors (Lipinski definition) is 1. The highest BCUT2D eigenvalue weighted by Gasteiger charge is 2.30. The molecule has 8 heteroatoms. The van der Waals surface area contributed by atoms with Gasteiger partial charge in [0.25, 0.3) is 11.5 Å². The fourth-order valence-electron chi connectivity index (χ4n) is 3.73. The van der Waals surface area contributed by atoms with Crippen molar-refractivity contribution >= 4 is 11.6 Å². The molecule has 8 nitrogen and oxygen atoms in total. The van der Waals surface area contributed by atoms with Gasteiger partial charge in [-0.15, -0.1) is 0 Å². The molecule has 1 aliphatic heterocycles. The Bertz CT molecular complexity index is 1070. The third-order valence-electron chi connectivity index (χ3n) is 5.20. The van der Waals surface area contributed by atoms with E-state index in [0.717, 1.165) is 30.7 Å². The van der Waals surface area contributed by atoms with Crippen molar-refractivity contribution in [2.75, 3.05) is 13.7 Å². The number of piperidine rings is 1. The number of rotatable bonds is 4. The molecule has 28 heavy (non-hydrogen) atoms. The van der Waals surface area contributed by atoms with E-state index in [0.29, 0.717) is 30.1 Å². The molecule has 146 valence electrons. The lowest BCUT2D eigenvalue weighted by molar-refractivity contribution is 0.0605. The van der Waals surface area contributed by atoms with Gasteiger partial charge in [-0.3, -0.25) is 14.7 Å². The Balaban J connectivity index is 1.71. The van der Waals surface area contributed by atoms with Gasteiger partial charge in [-0.05, 0) is 31.7 Å². The van der Waals surface area contributed by atoms with Gasteiger partial charge in [-0.1, -0.05) is 6.92 Å². The van der Waals surface area contributed by atoms with Gasteiger partial charge in [0.1, 0.15) is 0 Å². The molecule has 1 atom stereocenters. The molecule has 4 heterocycles. The van der Waals surface area contributed by atoms with Crippen LogP contribution in [0.5, 0.6) is 5.88 Å². The van der Waals surface area contributed by atoms with E-state index in [1.807, 2.05) is 17.9 Å². The fraction of sp³-hybridized carbons (Fsp3) is 0.400. The summed E-state index contributed by atoms with van der Waals surface area (Å²) in [6.07, 6.45) is 5.07. The smallest absolute Gasteiger partial charge is 0.272 e. The fourth-order valence-corrected chi connectivity index (χ4v) is 3.73. The molecule has 0 radical (unpaired) electrons. The molecule has 4 rings (SSSR count). The van der Waals surface area contributed by atoms with E-state index in [-0.39, 0.29) is 17.5 Å². The molecule has 0 saturated carbocycles. The lowest BCUT2D eigenvalue weighted by Crippen LogP contribution is -2.38. The number of aromatic amines is 1. The lowest BCUT2D eigenvalue weighted by atomic mass is 9.98. The number of pyridine rings is 1. The first kappa shape index (κ1) is 18.2. The zero-order chi connectivity index (χ0) is 19.7. The predicted molar refractivity (Wildman–Crippen MR) is 104 cm³/mol. The molecule has 0 bridgehead atoms. The zero-order valence-electron chi connectivity index (χ0n) is 16.0. The number of nitrogens with zero attached hydrogens (tertiary/aromatic N) is 4. The highest BCUT2D eigenvalue weighted by atomic mass is 16.5. The van der Waals surface area contributed by atoms with Crippen molar-refractivity contribution in [1.82, 2.24) is 24.5 Å². The quantitative estimate of drug-likeness (QED) is 0.749. The van der Waals surface area contributed by atoms with Crippen molar-refractivity contribution in [2.45, 2.75) is 38.6 Å². The predicted octanol–water partition coefficient (Wildman–Crippen LogP) is 2.36. The van der Waals surface area contributed by atoms with Crippen LogP contribution < -0.4 is 10.3 Å². The number of hydrogen-bond acceptors (Lipinski definition) is 5. The van der Waals surface area contributed by atoms with Crippen molar-refractivity contribution in [3.63, 3.8) is 0 Å². The summed E-state index contributed by atoms with van der Waals surface area (Å²) >= 11 is 0. The third-order valence-corrected chi connectivity index (χ3v) is 5.20. The number of carbonyl (C=O) groups is 1. The Morgan fingerprint density at radius 2 is 2.18 bits per heavy atom. The first-order valence-electron chi connectivity index (χ1n) is 9.53. The van der Waals surface area contributed by atoms with Crippen LogP contribution >= 0.6 is 0 Å². The highest BCUT2D eigenvalue weighted by Crippen LogP contribution is 2.32. The van der Waals surface area contributed by atoms with Crippen molar-refractivity contribution < 1.29 is 9.53 Å². The van der Waals surface area contributed by atoms with E-state index in [4.69, 9.17) is 4.74 Å². The molecule has 1 N–H and O–H groups in total. The molecule has 0 aliphatic carbocycles. The molecule has 1 amide bonds. The van der Waals surface area contributed by atoms with E-state index in [2.05, 4.69) is 15.1 Å². The van der Waals surface area contributed by atoms with Crippen molar-refractivity contribution in [3.05, 3.63) is 57.8 Å². The number of nitrogens with one attached hydrogen (secondary N) is 1. The van der Waals surface area contributed by atoms with E-state index in [1.165, 1.54) is 11.6 Å². The molecular weight excluding hydrogens is 358 g/mol. The van der Waals surface area contributed by atoms with Gasteiger partial charge in [0.2, 0.25) is 5.88 Å². The van der Waals surface area contributed by atoms with Crippen LogP contribution in [-0.2, 0) is 6.42 Å². The Morgan fingerprint density at radius 3 is 2.96 bits per heavy atom. The number of amides is 1. The number of methoxy groups -OCH3 is 1. The van der Waals surface area contributed by atoms with Gasteiger partial charge in [0.05, 0.1) is 18.8 Å². The summed E-state index contributed by atoms with van der Waals surface area (Å²) in [6, 6.07) is 6.64. The minimum absolute atomic E-state index is 0.0707. The number of H-pyrrole nitrogens is 1. The molecule has 1 fully saturated rings. The summed E-state index contributed by atoms with van der Waals surface area (Å²) in [5.74, 6) is 0.339. The van der Waals surface area contributed by atoms with E-state index in [1.54, 1.807) is 24.4 Å². The van der Waals surface area contributed by atoms with Gasteiger partial charge in [0.15, 0.2) is 5.65 Å². The van der Waals surface area contributed by atoms with E-state index in [9.17, 15) is 9.59 Å². The maximum atomic E-state index is 13.2. The van der Waals surface area contributed by atoms with Gasteiger partial charge >= 0.3 is 0 Å². The van der Waals surface area contributed by atoms with Crippen LogP contribution in [-0.4, -0.2) is 44.0 Å². The first-order valence-corrected chi connectivity index (χ1v) is 9.53. The molecule has 0 aromatic carbocycles. The summed E-state index contributed by atoms with van der Waals surface area (Å²) in [6.45, 7) is 2.63. The number of aryl methyl sites for hydroxylation is 1. The normalized spacial score (nSPS) is 17.1. The van der Waals surface area contributed by atoms with E-state index < -0.39 is 0 Å². The Kier molecular flexibility index (Phi) is 4.85. The summed E-state index contributed by atoms with van der Waals surface area (Å²) in [7, 11) is 1.53. The van der Waals surface area contributed by atoms with Gasteiger partial charge in [-0.25, -0.2) is 14.5 Å². The number of fused-ring (bicyclic) bond motifs is 1. The molecule has 1 saturated heterocycles. The minimum atomic E-state index is -0.138. The van der Waals surface area contributed by atoms with E-state index >= 15 is 0 Å². The number of ether oxygens (including phenoxy) is 1. The second-order valence-corrected chi connectivity index (χ2v) is 6.94. The average molecular weight is 381 g/mol. The largest absolute Gasteiger partial charge is 0.481 e. The summed E-state index contributed by atoms with van der Waals surface area (Å²) in [5, 5.41) is 3.15. The second kappa shape index (κ2) is 7.46. The Labute approximate surface area is 162 Å². The van der Waals surface area contributed by atoms with Crippen molar-refractivity contribution in [2.24, 2.45) is 0 Å². The van der Waals surface area contributed by atoms with Crippen molar-refractivity contribution in [3.8, 4) is 5.88 Å². The molecule has 3 aromatic heterocycles. The lowest BCUT2D eigenvalue weighted by Gasteiger charge is -2.35. The Hall–Kier alpha value is -3.16. The summed E-state index contributed by atoms with van der Waals surface area (Å²) in [5.41, 5.74) is 2.57. The highest BCUT2D eigenvalue weighted by molar-refractivity contribution is 5.94. The second-order valence-electron chi connectivity index (χ2n) is 6.94. The van der Waals surface area contributed by atoms with Crippen LogP contribution in [0.4, 0.5) is 0 Å². The monoisotopic (exact) mass is 381 g/mol. The Morgan fingerprint density at radius 1 is 1.32 bits per heavy atom. The molecular formula is C20H23N5O3. The van der Waals surface area contributed by atoms with Crippen LogP contribution in [0.15, 0.2) is 35.3 Å². The maximum absolute atomic E-state index is 13.2. The van der Waals surface area contributed by atoms with Crippen LogP contribution in [0.1, 0.15) is 54.0 Å².